The Balaban J connectivity index is 2.00. The number of carbonyl (C=O) groups is 2. The number of para-hydroxylation sites is 1. The maximum Gasteiger partial charge on any atom is 0.250 e. The summed E-state index contributed by atoms with van der Waals surface area (Å²) in [6.07, 6.45) is 0. The van der Waals surface area contributed by atoms with Crippen LogP contribution in [-0.4, -0.2) is 30.3 Å². The number of aryl methyl sites for hydroxylation is 1. The molecule has 0 unspecified atom stereocenters. The van der Waals surface area contributed by atoms with E-state index in [1.165, 1.54) is 0 Å². The van der Waals surface area contributed by atoms with Crippen LogP contribution in [0.4, 0.5) is 5.69 Å². The van der Waals surface area contributed by atoms with Crippen molar-refractivity contribution in [3.63, 3.8) is 0 Å². The van der Waals surface area contributed by atoms with Crippen LogP contribution in [0.15, 0.2) is 34.1 Å². The van der Waals surface area contributed by atoms with Crippen molar-refractivity contribution in [2.45, 2.75) is 13.5 Å². The van der Waals surface area contributed by atoms with Crippen molar-refractivity contribution < 1.29 is 9.59 Å². The molecule has 0 aliphatic heterocycles. The van der Waals surface area contributed by atoms with Crippen molar-refractivity contribution in [2.75, 3.05) is 18.9 Å². The molecule has 0 saturated heterocycles. The number of thiophene rings is 1. The van der Waals surface area contributed by atoms with Gasteiger partial charge in [-0.1, -0.05) is 12.1 Å². The highest BCUT2D eigenvalue weighted by molar-refractivity contribution is 9.10. The van der Waals surface area contributed by atoms with Gasteiger partial charge in [0.2, 0.25) is 5.91 Å². The van der Waals surface area contributed by atoms with Crippen molar-refractivity contribution >= 4 is 44.8 Å². The number of likely N-dealkylation sites (N-methyl/N-ethyl adjacent to an activating group) is 1. The van der Waals surface area contributed by atoms with Gasteiger partial charge in [0.25, 0.3) is 5.91 Å². The van der Waals surface area contributed by atoms with Crippen molar-refractivity contribution in [1.29, 1.82) is 0 Å². The number of nitrogens with zero attached hydrogens (tertiary/aromatic N) is 1. The minimum absolute atomic E-state index is 0.0619. The van der Waals surface area contributed by atoms with Gasteiger partial charge in [-0.15, -0.1) is 11.3 Å². The highest BCUT2D eigenvalue weighted by Gasteiger charge is 2.14. The number of anilines is 1. The van der Waals surface area contributed by atoms with Crippen molar-refractivity contribution in [3.8, 4) is 0 Å². The largest absolute Gasteiger partial charge is 0.375 e. The van der Waals surface area contributed by atoms with E-state index in [4.69, 9.17) is 5.73 Å². The predicted octanol–water partition coefficient (Wildman–Crippen LogP) is 2.99. The molecule has 3 N–H and O–H groups in total. The molecule has 2 amide bonds. The molecule has 7 heteroatoms. The van der Waals surface area contributed by atoms with Gasteiger partial charge >= 0.3 is 0 Å². The first-order valence-electron chi connectivity index (χ1n) is 6.98. The Morgan fingerprint density at radius 2 is 2.13 bits per heavy atom. The molecule has 1 heterocycles. The molecule has 0 spiro atoms. The lowest BCUT2D eigenvalue weighted by molar-refractivity contribution is -0.128. The number of carbonyl (C=O) groups excluding carboxylic acids is 2. The highest BCUT2D eigenvalue weighted by Crippen LogP contribution is 2.22. The third-order valence-electron chi connectivity index (χ3n) is 3.40. The number of hydrogen-bond acceptors (Lipinski definition) is 4. The fourth-order valence-electron chi connectivity index (χ4n) is 2.17. The van der Waals surface area contributed by atoms with Crippen LogP contribution in [0.2, 0.25) is 0 Å². The highest BCUT2D eigenvalue weighted by atomic mass is 79.9. The minimum Gasteiger partial charge on any atom is -0.375 e. The van der Waals surface area contributed by atoms with Gasteiger partial charge in [0.1, 0.15) is 0 Å². The number of nitrogens with two attached hydrogens (primary N) is 1. The fourth-order valence-corrected chi connectivity index (χ4v) is 3.67. The Hall–Kier alpha value is -1.86. The maximum atomic E-state index is 12.3. The van der Waals surface area contributed by atoms with Crippen LogP contribution in [0.3, 0.4) is 0 Å². The molecular formula is C16H18BrN3O2S. The lowest BCUT2D eigenvalue weighted by Gasteiger charge is -2.18. The van der Waals surface area contributed by atoms with E-state index in [0.717, 1.165) is 14.9 Å². The quantitative estimate of drug-likeness (QED) is 0.788. The van der Waals surface area contributed by atoms with Gasteiger partial charge in [-0.2, -0.15) is 0 Å². The Bertz CT molecular complexity index is 730. The number of rotatable bonds is 6. The Morgan fingerprint density at radius 1 is 1.39 bits per heavy atom. The number of benzene rings is 1. The van der Waals surface area contributed by atoms with Crippen molar-refractivity contribution in [1.82, 2.24) is 4.90 Å². The first-order valence-corrected chi connectivity index (χ1v) is 8.66. The number of nitrogens with one attached hydrogen (secondary N) is 1. The molecule has 2 rings (SSSR count). The van der Waals surface area contributed by atoms with E-state index in [1.807, 2.05) is 24.4 Å². The smallest absolute Gasteiger partial charge is 0.250 e. The molecule has 1 aromatic heterocycles. The van der Waals surface area contributed by atoms with E-state index in [9.17, 15) is 9.59 Å². The summed E-state index contributed by atoms with van der Waals surface area (Å²) in [6, 6.07) is 7.28. The molecule has 1 aromatic carbocycles. The summed E-state index contributed by atoms with van der Waals surface area (Å²) >= 11 is 5.00. The topological polar surface area (TPSA) is 75.4 Å². The van der Waals surface area contributed by atoms with Crippen LogP contribution in [0, 0.1) is 6.92 Å². The van der Waals surface area contributed by atoms with E-state index in [-0.39, 0.29) is 12.5 Å². The molecule has 23 heavy (non-hydrogen) atoms. The Morgan fingerprint density at radius 3 is 2.74 bits per heavy atom. The van der Waals surface area contributed by atoms with Crippen molar-refractivity contribution in [2.24, 2.45) is 5.73 Å². The lowest BCUT2D eigenvalue weighted by Crippen LogP contribution is -2.32. The van der Waals surface area contributed by atoms with Gasteiger partial charge in [0, 0.05) is 21.8 Å². The van der Waals surface area contributed by atoms with E-state index < -0.39 is 5.91 Å². The summed E-state index contributed by atoms with van der Waals surface area (Å²) in [5.41, 5.74) is 7.25. The first kappa shape index (κ1) is 17.5. The number of amides is 2. The van der Waals surface area contributed by atoms with Crippen LogP contribution in [0.1, 0.15) is 20.8 Å². The molecule has 2 aromatic rings. The molecule has 0 bridgehead atoms. The number of halogens is 1. The molecule has 0 aliphatic carbocycles. The SMILES string of the molecule is Cc1cccc(C(N)=O)c1NCC(=O)N(C)Cc1cc(Br)cs1. The van der Waals surface area contributed by atoms with Crippen LogP contribution in [0.5, 0.6) is 0 Å². The van der Waals surface area contributed by atoms with E-state index in [2.05, 4.69) is 21.2 Å². The monoisotopic (exact) mass is 395 g/mol. The molecule has 0 saturated carbocycles. The third-order valence-corrected chi connectivity index (χ3v) is 5.08. The molecule has 0 atom stereocenters. The van der Waals surface area contributed by atoms with E-state index in [0.29, 0.717) is 17.8 Å². The zero-order chi connectivity index (χ0) is 17.0. The second-order valence-corrected chi connectivity index (χ2v) is 7.11. The van der Waals surface area contributed by atoms with E-state index >= 15 is 0 Å². The van der Waals surface area contributed by atoms with Gasteiger partial charge in [0.05, 0.1) is 24.3 Å². The average molecular weight is 396 g/mol. The molecule has 122 valence electrons. The predicted molar refractivity (Wildman–Crippen MR) is 96.7 cm³/mol. The van der Waals surface area contributed by atoms with Gasteiger partial charge < -0.3 is 16.0 Å². The molecule has 5 nitrogen and oxygen atoms in total. The fraction of sp³-hybridized carbons (Fsp3) is 0.250. The second-order valence-electron chi connectivity index (χ2n) is 5.20. The van der Waals surface area contributed by atoms with Crippen LogP contribution in [0.25, 0.3) is 0 Å². The van der Waals surface area contributed by atoms with Crippen LogP contribution < -0.4 is 11.1 Å². The van der Waals surface area contributed by atoms with Crippen LogP contribution in [-0.2, 0) is 11.3 Å². The number of hydrogen-bond donors (Lipinski definition) is 2. The van der Waals surface area contributed by atoms with Gasteiger partial charge in [-0.05, 0) is 40.5 Å². The Kier molecular flexibility index (Phi) is 5.79. The molecule has 0 radical (unpaired) electrons. The van der Waals surface area contributed by atoms with Gasteiger partial charge in [0.15, 0.2) is 0 Å². The van der Waals surface area contributed by atoms with E-state index in [1.54, 1.807) is 35.4 Å². The minimum atomic E-state index is -0.513. The molecule has 0 aliphatic rings. The maximum absolute atomic E-state index is 12.3. The summed E-state index contributed by atoms with van der Waals surface area (Å²) in [5.74, 6) is -0.575. The summed E-state index contributed by atoms with van der Waals surface area (Å²) in [7, 11) is 1.75. The molecule has 0 fully saturated rings. The van der Waals surface area contributed by atoms with Gasteiger partial charge in [-0.3, -0.25) is 9.59 Å². The Labute approximate surface area is 147 Å². The normalized spacial score (nSPS) is 10.4. The zero-order valence-corrected chi connectivity index (χ0v) is 15.3. The standard InChI is InChI=1S/C16H18BrN3O2S/c1-10-4-3-5-13(16(18)22)15(10)19-7-14(21)20(2)8-12-6-11(17)9-23-12/h3-6,9,19H,7-8H2,1-2H3,(H2,18,22). The first-order chi connectivity index (χ1) is 10.9. The average Bonchev–Trinajstić information content (AvgIpc) is 2.90. The van der Waals surface area contributed by atoms with Crippen LogP contribution >= 0.6 is 27.3 Å². The second kappa shape index (κ2) is 7.61. The third kappa shape index (κ3) is 4.56. The summed E-state index contributed by atoms with van der Waals surface area (Å²) < 4.78 is 1.02. The number of primary amides is 1. The van der Waals surface area contributed by atoms with Crippen molar-refractivity contribution in [3.05, 3.63) is 50.1 Å². The summed E-state index contributed by atoms with van der Waals surface area (Å²) in [5, 5.41) is 5.02. The van der Waals surface area contributed by atoms with Gasteiger partial charge in [-0.25, -0.2) is 0 Å². The molecular weight excluding hydrogens is 378 g/mol. The summed E-state index contributed by atoms with van der Waals surface area (Å²) in [6.45, 7) is 2.52. The zero-order valence-electron chi connectivity index (χ0n) is 12.9. The summed E-state index contributed by atoms with van der Waals surface area (Å²) in [4.78, 5) is 26.5. The lowest BCUT2D eigenvalue weighted by atomic mass is 10.1.